The number of hydrogen-bond acceptors (Lipinski definition) is 0. The number of aromatic nitrogens is 2. The van der Waals surface area contributed by atoms with E-state index in [1.807, 2.05) is 0 Å². The summed E-state index contributed by atoms with van der Waals surface area (Å²) in [6.45, 7) is 0. The van der Waals surface area contributed by atoms with Gasteiger partial charge in [0.25, 0.3) is 0 Å². The van der Waals surface area contributed by atoms with Crippen molar-refractivity contribution in [2.75, 3.05) is 0 Å². The van der Waals surface area contributed by atoms with E-state index < -0.39 is 0 Å². The minimum Gasteiger partial charge on any atom is -0.0617 e. The average molecular weight is 1220 g/mol. The summed E-state index contributed by atoms with van der Waals surface area (Å²) in [5.41, 5.74) is 22.0. The van der Waals surface area contributed by atoms with Crippen LogP contribution in [-0.2, 0) is 0 Å². The quantitative estimate of drug-likeness (QED) is 0.106. The molecule has 3 heterocycles. The molecule has 0 aliphatic heterocycles. The van der Waals surface area contributed by atoms with Gasteiger partial charge in [0.15, 0.2) is 0 Å². The zero-order chi connectivity index (χ0) is 59.7. The van der Waals surface area contributed by atoms with Gasteiger partial charge in [0, 0.05) is 0 Å². The third-order valence-electron chi connectivity index (χ3n) is 19.3. The molecule has 0 spiro atoms. The summed E-state index contributed by atoms with van der Waals surface area (Å²) in [6.07, 6.45) is 0. The maximum atomic E-state index is 2.56. The summed E-state index contributed by atoms with van der Waals surface area (Å²) in [4.78, 5) is 0. The fraction of sp³-hybridized carbons (Fsp3) is 0. The second kappa shape index (κ2) is 20.6. The van der Waals surface area contributed by atoms with Crippen LogP contribution in [0.4, 0.5) is 0 Å². The first-order valence-corrected chi connectivity index (χ1v) is 33.1. The Morgan fingerprint density at radius 1 is 0.198 bits per heavy atom. The van der Waals surface area contributed by atoms with Gasteiger partial charge >= 0.3 is 403 Å². The maximum absolute atomic E-state index is 2.56. The number of fused-ring (bicyclic) bond motifs is 13. The van der Waals surface area contributed by atoms with Crippen LogP contribution in [0.1, 0.15) is 0 Å². The normalized spacial score (nSPS) is 12.0. The molecule has 91 heavy (non-hydrogen) atoms. The first-order chi connectivity index (χ1) is 45.2. The zero-order valence-corrected chi connectivity index (χ0v) is 51.2. The van der Waals surface area contributed by atoms with Gasteiger partial charge in [0.05, 0.1) is 0 Å². The smallest absolute Gasteiger partial charge is 0.0544 e. The van der Waals surface area contributed by atoms with Crippen molar-refractivity contribution >= 4 is 120 Å². The van der Waals surface area contributed by atoms with Crippen LogP contribution in [0.3, 0.4) is 0 Å². The van der Waals surface area contributed by atoms with E-state index in [4.69, 9.17) is 0 Å². The van der Waals surface area contributed by atoms with Crippen molar-refractivity contribution in [3.63, 3.8) is 0 Å². The van der Waals surface area contributed by atoms with Crippen LogP contribution in [0.15, 0.2) is 328 Å². The van der Waals surface area contributed by atoms with E-state index in [2.05, 4.69) is 337 Å². The molecule has 0 saturated heterocycles. The molecule has 0 fully saturated rings. The zero-order valence-electron chi connectivity index (χ0n) is 49.5. The Hall–Kier alpha value is -11.3. The van der Waals surface area contributed by atoms with Crippen molar-refractivity contribution in [1.29, 1.82) is 0 Å². The number of hydrogen-bond donors (Lipinski definition) is 0. The van der Waals surface area contributed by atoms with Crippen LogP contribution < -0.4 is 0 Å². The first-order valence-electron chi connectivity index (χ1n) is 31.4. The molecule has 422 valence electrons. The number of benzene rings is 16. The second-order valence-corrected chi connectivity index (χ2v) is 26.4. The minimum absolute atomic E-state index is 0.00360. The minimum atomic E-state index is 0.00360. The molecule has 0 radical (unpaired) electrons. The van der Waals surface area contributed by atoms with Gasteiger partial charge in [0.2, 0.25) is 0 Å². The van der Waals surface area contributed by atoms with E-state index >= 15 is 0 Å². The molecule has 0 amide bonds. The largest absolute Gasteiger partial charge is 0.0617 e. The van der Waals surface area contributed by atoms with Gasteiger partial charge in [-0.1, -0.05) is 121 Å². The predicted molar refractivity (Wildman–Crippen MR) is 390 cm³/mol. The fourth-order valence-electron chi connectivity index (χ4n) is 15.3. The molecule has 19 aromatic rings. The SMILES string of the molecule is c1ccc(-c2ccc3c(c2)c2cc(-c4ccccc4)ccc2n3-c2c3ccccc3c(-c3cccc4c3[se]c3cccc(-c5c6ccccc6c(-n6c7ccc(-c8ccccc8)cc7c7cc(-c8ccccc8)ccc76)c6ccccc56)c34)c3ccccc23)cc1. The third-order valence-corrected chi connectivity index (χ3v) is 21.8. The van der Waals surface area contributed by atoms with Crippen LogP contribution in [0.5, 0.6) is 0 Å². The van der Waals surface area contributed by atoms with E-state index in [0.29, 0.717) is 0 Å². The van der Waals surface area contributed by atoms with Crippen molar-refractivity contribution in [2.45, 2.75) is 0 Å². The number of rotatable bonds is 8. The predicted octanol–water partition coefficient (Wildman–Crippen LogP) is 23.9. The molecule has 0 N–H and O–H groups in total. The topological polar surface area (TPSA) is 9.86 Å². The van der Waals surface area contributed by atoms with Crippen LogP contribution in [0.25, 0.3) is 184 Å². The molecular weight excluding hydrogens is 1160 g/mol. The Kier molecular flexibility index (Phi) is 11.7. The van der Waals surface area contributed by atoms with Gasteiger partial charge < -0.3 is 0 Å². The number of nitrogens with zero attached hydrogens (tertiary/aromatic N) is 2. The average Bonchev–Trinajstić information content (AvgIpc) is 1.67. The van der Waals surface area contributed by atoms with Crippen LogP contribution in [-0.4, -0.2) is 23.6 Å². The molecule has 3 aromatic heterocycles. The van der Waals surface area contributed by atoms with E-state index in [9.17, 15) is 0 Å². The Balaban J connectivity index is 0.831. The van der Waals surface area contributed by atoms with Crippen molar-refractivity contribution in [1.82, 2.24) is 9.13 Å². The van der Waals surface area contributed by atoms with E-state index in [0.717, 1.165) is 0 Å². The summed E-state index contributed by atoms with van der Waals surface area (Å²) in [7, 11) is 0. The standard InChI is InChI=1S/C88H54N2Se/c1-5-23-55(24-6-1)59-43-47-78-74(51-59)75-52-60(56-25-7-2-8-26-56)44-48-79(75)89(78)86-67-35-17-13-31-63(67)83(64-32-14-18-36-68(64)86)71-39-22-42-82-85(71)73-41-21-40-72(88(73)91-82)84-65-33-15-19-37-69(65)87(70-38-20-16-34-66(70)84)90-80-49-45-61(57-27-9-3-10-28-57)53-76(80)77-54-62(46-50-81(77)90)58-29-11-4-12-30-58/h1-54H. The molecule has 0 bridgehead atoms. The summed E-state index contributed by atoms with van der Waals surface area (Å²) in [6, 6.07) is 122. The van der Waals surface area contributed by atoms with E-state index in [-0.39, 0.29) is 14.5 Å². The summed E-state index contributed by atoms with van der Waals surface area (Å²) in [5, 5.41) is 17.5. The Bertz CT molecular complexity index is 5860. The Morgan fingerprint density at radius 3 is 0.835 bits per heavy atom. The van der Waals surface area contributed by atoms with Gasteiger partial charge in [0.1, 0.15) is 0 Å². The molecular formula is C88H54N2Se. The molecule has 0 unspecified atom stereocenters. The van der Waals surface area contributed by atoms with Gasteiger partial charge in [-0.05, 0) is 11.1 Å². The summed E-state index contributed by atoms with van der Waals surface area (Å²) >= 11 is 0.00360. The second-order valence-electron chi connectivity index (χ2n) is 24.2. The summed E-state index contributed by atoms with van der Waals surface area (Å²) in [5.74, 6) is 0. The van der Waals surface area contributed by atoms with Gasteiger partial charge in [-0.25, -0.2) is 0 Å². The molecule has 2 nitrogen and oxygen atoms in total. The fourth-order valence-corrected chi connectivity index (χ4v) is 17.9. The molecule has 0 aliphatic carbocycles. The molecule has 19 rings (SSSR count). The van der Waals surface area contributed by atoms with Gasteiger partial charge in [-0.2, -0.15) is 0 Å². The van der Waals surface area contributed by atoms with Gasteiger partial charge in [-0.3, -0.25) is 0 Å². The molecule has 0 saturated carbocycles. The van der Waals surface area contributed by atoms with Gasteiger partial charge in [-0.15, -0.1) is 0 Å². The van der Waals surface area contributed by atoms with Crippen LogP contribution >= 0.6 is 0 Å². The third kappa shape index (κ3) is 7.99. The van der Waals surface area contributed by atoms with Crippen LogP contribution in [0.2, 0.25) is 0 Å². The van der Waals surface area contributed by atoms with E-state index in [1.54, 1.807) is 0 Å². The molecule has 3 heteroatoms. The summed E-state index contributed by atoms with van der Waals surface area (Å²) < 4.78 is 7.97. The Labute approximate surface area is 531 Å². The molecule has 0 aliphatic rings. The Morgan fingerprint density at radius 2 is 0.484 bits per heavy atom. The van der Waals surface area contributed by atoms with Crippen molar-refractivity contribution in [3.8, 4) is 78.1 Å². The van der Waals surface area contributed by atoms with Crippen molar-refractivity contribution in [3.05, 3.63) is 328 Å². The van der Waals surface area contributed by atoms with Crippen molar-refractivity contribution in [2.24, 2.45) is 0 Å². The molecule has 0 atom stereocenters. The maximum Gasteiger partial charge on any atom is -0.0544 e. The van der Waals surface area contributed by atoms with Crippen molar-refractivity contribution < 1.29 is 0 Å². The molecule has 16 aromatic carbocycles. The van der Waals surface area contributed by atoms with E-state index in [1.165, 1.54) is 184 Å². The van der Waals surface area contributed by atoms with Crippen LogP contribution in [0, 0.1) is 0 Å². The monoisotopic (exact) mass is 1220 g/mol. The first kappa shape index (κ1) is 51.7.